The molecule has 114 valence electrons. The number of nitrogens with one attached hydrogen (secondary N) is 2. The van der Waals surface area contributed by atoms with Crippen LogP contribution in [0.2, 0.25) is 5.02 Å². The van der Waals surface area contributed by atoms with Crippen LogP contribution < -0.4 is 10.9 Å². The fourth-order valence-corrected chi connectivity index (χ4v) is 2.10. The Morgan fingerprint density at radius 3 is 2.64 bits per heavy atom. The first-order valence-corrected chi connectivity index (χ1v) is 6.65. The zero-order valence-electron chi connectivity index (χ0n) is 11.3. The van der Waals surface area contributed by atoms with Crippen LogP contribution in [0, 0.1) is 18.6 Å². The summed E-state index contributed by atoms with van der Waals surface area (Å²) in [6.45, 7) is 1.72. The molecule has 2 heterocycles. The minimum atomic E-state index is -0.665. The van der Waals surface area contributed by atoms with Crippen molar-refractivity contribution in [1.82, 2.24) is 19.6 Å². The van der Waals surface area contributed by atoms with Crippen molar-refractivity contribution in [3.05, 3.63) is 56.5 Å². The summed E-state index contributed by atoms with van der Waals surface area (Å²) < 4.78 is 27.3. The maximum atomic E-state index is 13.1. The largest absolute Gasteiger partial charge is 0.351 e. The highest BCUT2D eigenvalue weighted by molar-refractivity contribution is 6.31. The molecule has 0 aliphatic carbocycles. The summed E-state index contributed by atoms with van der Waals surface area (Å²) in [5.74, 6) is -0.945. The van der Waals surface area contributed by atoms with Crippen molar-refractivity contribution < 1.29 is 8.78 Å². The molecular weight excluding hydrogens is 316 g/mol. The first-order chi connectivity index (χ1) is 10.4. The number of aromatic nitrogens is 4. The Labute approximate surface area is 127 Å². The average molecular weight is 326 g/mol. The average Bonchev–Trinajstić information content (AvgIpc) is 2.85. The van der Waals surface area contributed by atoms with Gasteiger partial charge in [-0.1, -0.05) is 11.6 Å². The number of rotatable bonds is 3. The second-order valence-corrected chi connectivity index (χ2v) is 5.03. The highest BCUT2D eigenvalue weighted by Gasteiger charge is 2.11. The molecule has 3 aromatic rings. The van der Waals surface area contributed by atoms with Crippen molar-refractivity contribution in [2.75, 3.05) is 5.32 Å². The lowest BCUT2D eigenvalue weighted by atomic mass is 10.2. The van der Waals surface area contributed by atoms with E-state index in [0.717, 1.165) is 10.6 Å². The fourth-order valence-electron chi connectivity index (χ4n) is 1.98. The van der Waals surface area contributed by atoms with Gasteiger partial charge in [-0.25, -0.2) is 13.8 Å². The van der Waals surface area contributed by atoms with E-state index in [4.69, 9.17) is 11.6 Å². The number of aromatic amines is 1. The van der Waals surface area contributed by atoms with Crippen LogP contribution in [0.3, 0.4) is 0 Å². The number of aryl methyl sites for hydroxylation is 1. The molecule has 22 heavy (non-hydrogen) atoms. The van der Waals surface area contributed by atoms with Crippen LogP contribution in [0.15, 0.2) is 23.0 Å². The Hall–Kier alpha value is -2.48. The van der Waals surface area contributed by atoms with E-state index >= 15 is 0 Å². The molecule has 0 bridgehead atoms. The third kappa shape index (κ3) is 2.64. The lowest BCUT2D eigenvalue weighted by Crippen LogP contribution is -2.17. The van der Waals surface area contributed by atoms with Crippen molar-refractivity contribution in [1.29, 1.82) is 0 Å². The summed E-state index contributed by atoms with van der Waals surface area (Å²) in [4.78, 5) is 20.1. The Morgan fingerprint density at radius 2 is 1.95 bits per heavy atom. The molecule has 0 fully saturated rings. The number of hydrogen-bond acceptors (Lipinski definition) is 4. The van der Waals surface area contributed by atoms with Gasteiger partial charge < -0.3 is 5.32 Å². The molecule has 0 saturated heterocycles. The highest BCUT2D eigenvalue weighted by Crippen LogP contribution is 2.11. The number of anilines is 1. The van der Waals surface area contributed by atoms with Gasteiger partial charge in [0.1, 0.15) is 16.7 Å². The van der Waals surface area contributed by atoms with Gasteiger partial charge in [-0.05, 0) is 24.6 Å². The smallest absolute Gasteiger partial charge is 0.293 e. The van der Waals surface area contributed by atoms with Crippen LogP contribution in [0.4, 0.5) is 14.7 Å². The minimum absolute atomic E-state index is 0.0000912. The van der Waals surface area contributed by atoms with Crippen molar-refractivity contribution in [3.63, 3.8) is 0 Å². The number of hydrogen-bond donors (Lipinski definition) is 2. The Morgan fingerprint density at radius 1 is 1.27 bits per heavy atom. The summed E-state index contributed by atoms with van der Waals surface area (Å²) in [7, 11) is 0. The summed E-state index contributed by atoms with van der Waals surface area (Å²) in [5.41, 5.74) is 0.297. The molecule has 0 aliphatic rings. The molecule has 0 aliphatic heterocycles. The lowest BCUT2D eigenvalue weighted by molar-refractivity contribution is 0.580. The molecule has 0 saturated carbocycles. The summed E-state index contributed by atoms with van der Waals surface area (Å²) >= 11 is 5.83. The van der Waals surface area contributed by atoms with E-state index in [1.165, 1.54) is 12.1 Å². The molecule has 1 aromatic carbocycles. The predicted octanol–water partition coefficient (Wildman–Crippen LogP) is 2.27. The number of benzene rings is 1. The van der Waals surface area contributed by atoms with Crippen molar-refractivity contribution in [2.24, 2.45) is 0 Å². The van der Waals surface area contributed by atoms with Gasteiger partial charge in [0.05, 0.1) is 5.69 Å². The maximum absolute atomic E-state index is 13.1. The third-order valence-corrected chi connectivity index (χ3v) is 3.42. The number of fused-ring (bicyclic) bond motifs is 1. The third-order valence-electron chi connectivity index (χ3n) is 2.99. The van der Waals surface area contributed by atoms with Gasteiger partial charge in [0.2, 0.25) is 5.95 Å². The summed E-state index contributed by atoms with van der Waals surface area (Å²) in [6, 6.07) is 3.19. The molecule has 6 nitrogen and oxygen atoms in total. The molecule has 0 spiro atoms. The number of H-pyrrole nitrogens is 1. The molecule has 2 aromatic heterocycles. The van der Waals surface area contributed by atoms with Gasteiger partial charge in [-0.2, -0.15) is 9.50 Å². The van der Waals surface area contributed by atoms with Crippen LogP contribution in [0.25, 0.3) is 5.78 Å². The van der Waals surface area contributed by atoms with Gasteiger partial charge in [0, 0.05) is 12.6 Å². The molecule has 2 N–H and O–H groups in total. The molecular formula is C13H10ClF2N5O. The highest BCUT2D eigenvalue weighted by atomic mass is 35.5. The Kier molecular flexibility index (Phi) is 3.53. The van der Waals surface area contributed by atoms with E-state index in [2.05, 4.69) is 20.4 Å². The molecule has 3 rings (SSSR count). The number of halogens is 3. The van der Waals surface area contributed by atoms with E-state index in [9.17, 15) is 13.6 Å². The van der Waals surface area contributed by atoms with Crippen LogP contribution in [0.1, 0.15) is 11.3 Å². The first-order valence-electron chi connectivity index (χ1n) is 6.28. The van der Waals surface area contributed by atoms with Gasteiger partial charge >= 0.3 is 0 Å². The van der Waals surface area contributed by atoms with Gasteiger partial charge in [-0.15, -0.1) is 0 Å². The molecule has 0 amide bonds. The van der Waals surface area contributed by atoms with Gasteiger partial charge in [0.25, 0.3) is 11.3 Å². The summed E-state index contributed by atoms with van der Waals surface area (Å²) in [5, 5.41) is 5.51. The van der Waals surface area contributed by atoms with Crippen molar-refractivity contribution in [2.45, 2.75) is 13.5 Å². The van der Waals surface area contributed by atoms with Crippen LogP contribution in [-0.2, 0) is 6.54 Å². The molecule has 0 radical (unpaired) electrons. The minimum Gasteiger partial charge on any atom is -0.351 e. The SMILES string of the molecule is Cc1nc2nc(NCc3cc(F)cc(F)c3)[nH]n2c(=O)c1Cl. The second-order valence-electron chi connectivity index (χ2n) is 4.66. The normalized spacial score (nSPS) is 11.1. The van der Waals surface area contributed by atoms with E-state index in [0.29, 0.717) is 11.3 Å². The fraction of sp³-hybridized carbons (Fsp3) is 0.154. The monoisotopic (exact) mass is 325 g/mol. The summed E-state index contributed by atoms with van der Waals surface area (Å²) in [6.07, 6.45) is 0. The quantitative estimate of drug-likeness (QED) is 0.774. The van der Waals surface area contributed by atoms with Crippen molar-refractivity contribution >= 4 is 23.3 Å². The molecule has 0 unspecified atom stereocenters. The topological polar surface area (TPSA) is 75.1 Å². The first kappa shape index (κ1) is 14.5. The lowest BCUT2D eigenvalue weighted by Gasteiger charge is -2.03. The zero-order chi connectivity index (χ0) is 15.9. The van der Waals surface area contributed by atoms with E-state index < -0.39 is 17.2 Å². The van der Waals surface area contributed by atoms with Gasteiger partial charge in [0.15, 0.2) is 0 Å². The standard InChI is InChI=1S/C13H10ClF2N5O/c1-6-10(14)11(22)21-13(18-6)19-12(20-21)17-5-7-2-8(15)4-9(16)3-7/h2-4H,5H2,1H3,(H2,17,18,19,20). The second kappa shape index (κ2) is 5.38. The van der Waals surface area contributed by atoms with E-state index in [1.54, 1.807) is 6.92 Å². The maximum Gasteiger partial charge on any atom is 0.293 e. The predicted molar refractivity (Wildman–Crippen MR) is 77.0 cm³/mol. The Balaban J connectivity index is 1.88. The molecule has 0 atom stereocenters. The zero-order valence-corrected chi connectivity index (χ0v) is 12.1. The van der Waals surface area contributed by atoms with Crippen LogP contribution >= 0.6 is 11.6 Å². The Bertz CT molecular complexity index is 900. The number of nitrogens with zero attached hydrogens (tertiary/aromatic N) is 3. The van der Waals surface area contributed by atoms with Gasteiger partial charge in [-0.3, -0.25) is 9.89 Å². The van der Waals surface area contributed by atoms with Crippen LogP contribution in [0.5, 0.6) is 0 Å². The van der Waals surface area contributed by atoms with Crippen molar-refractivity contribution in [3.8, 4) is 0 Å². The van der Waals surface area contributed by atoms with E-state index in [1.807, 2.05) is 0 Å². The molecule has 9 heteroatoms. The van der Waals surface area contributed by atoms with E-state index in [-0.39, 0.29) is 23.3 Å². The van der Waals surface area contributed by atoms with Crippen LogP contribution in [-0.4, -0.2) is 19.6 Å².